The highest BCUT2D eigenvalue weighted by Crippen LogP contribution is 2.19. The topological polar surface area (TPSA) is 84.6 Å². The van der Waals surface area contributed by atoms with Crippen molar-refractivity contribution < 1.29 is 19.7 Å². The minimum Gasteiger partial charge on any atom is -0.479 e. The number of aromatic nitrogens is 2. The lowest BCUT2D eigenvalue weighted by Crippen LogP contribution is -2.33. The van der Waals surface area contributed by atoms with Gasteiger partial charge in [-0.3, -0.25) is 4.68 Å². The molecule has 0 aliphatic rings. The zero-order chi connectivity index (χ0) is 14.7. The quantitative estimate of drug-likeness (QED) is 0.834. The van der Waals surface area contributed by atoms with Gasteiger partial charge in [-0.25, -0.2) is 4.79 Å². The second-order valence-corrected chi connectivity index (χ2v) is 4.58. The van der Waals surface area contributed by atoms with Crippen molar-refractivity contribution in [3.05, 3.63) is 30.0 Å². The van der Waals surface area contributed by atoms with Crippen LogP contribution in [0.1, 0.15) is 19.5 Å². The van der Waals surface area contributed by atoms with E-state index in [4.69, 9.17) is 9.84 Å². The van der Waals surface area contributed by atoms with Gasteiger partial charge in [0.2, 0.25) is 0 Å². The second kappa shape index (κ2) is 6.02. The van der Waals surface area contributed by atoms with Gasteiger partial charge in [0.15, 0.2) is 6.10 Å². The Bertz CT molecular complexity index is 608. The van der Waals surface area contributed by atoms with Crippen molar-refractivity contribution in [2.75, 3.05) is 0 Å². The second-order valence-electron chi connectivity index (χ2n) is 4.58. The standard InChI is InChI=1S/C14H18N2O4/c1-3-16-12-7-5-4-6-10(12)11(15-16)8-20-9(2)13(17)14(18)19/h4-7,9,13,17H,3,8H2,1-2H3,(H,18,19). The Morgan fingerprint density at radius 2 is 2.15 bits per heavy atom. The van der Waals surface area contributed by atoms with E-state index in [1.807, 2.05) is 35.9 Å². The summed E-state index contributed by atoms with van der Waals surface area (Å²) < 4.78 is 7.28. The summed E-state index contributed by atoms with van der Waals surface area (Å²) in [7, 11) is 0. The number of carboxylic acids is 1. The molecule has 0 bridgehead atoms. The van der Waals surface area contributed by atoms with Crippen LogP contribution in [0.25, 0.3) is 10.9 Å². The Morgan fingerprint density at radius 1 is 1.45 bits per heavy atom. The molecule has 6 nitrogen and oxygen atoms in total. The van der Waals surface area contributed by atoms with E-state index < -0.39 is 18.2 Å². The van der Waals surface area contributed by atoms with Crippen LogP contribution in [0, 0.1) is 0 Å². The summed E-state index contributed by atoms with van der Waals surface area (Å²) in [6.45, 7) is 4.44. The zero-order valence-electron chi connectivity index (χ0n) is 11.5. The highest BCUT2D eigenvalue weighted by molar-refractivity contribution is 5.81. The van der Waals surface area contributed by atoms with Crippen LogP contribution in [0.2, 0.25) is 0 Å². The van der Waals surface area contributed by atoms with E-state index >= 15 is 0 Å². The van der Waals surface area contributed by atoms with Crippen LogP contribution < -0.4 is 0 Å². The number of ether oxygens (including phenoxy) is 1. The Labute approximate surface area is 116 Å². The summed E-state index contributed by atoms with van der Waals surface area (Å²) >= 11 is 0. The van der Waals surface area contributed by atoms with Crippen LogP contribution >= 0.6 is 0 Å². The smallest absolute Gasteiger partial charge is 0.335 e. The van der Waals surface area contributed by atoms with Gasteiger partial charge in [-0.2, -0.15) is 5.10 Å². The van der Waals surface area contributed by atoms with Crippen LogP contribution in [0.4, 0.5) is 0 Å². The molecular formula is C14H18N2O4. The molecule has 2 atom stereocenters. The number of hydrogen-bond donors (Lipinski definition) is 2. The van der Waals surface area contributed by atoms with Gasteiger partial charge in [0, 0.05) is 11.9 Å². The third kappa shape index (κ3) is 2.81. The maximum Gasteiger partial charge on any atom is 0.335 e. The molecule has 0 fully saturated rings. The van der Waals surface area contributed by atoms with Crippen LogP contribution in [-0.2, 0) is 22.7 Å². The van der Waals surface area contributed by atoms with Gasteiger partial charge in [0.25, 0.3) is 0 Å². The highest BCUT2D eigenvalue weighted by Gasteiger charge is 2.22. The minimum atomic E-state index is -1.53. The highest BCUT2D eigenvalue weighted by atomic mass is 16.5. The van der Waals surface area contributed by atoms with Crippen molar-refractivity contribution in [1.29, 1.82) is 0 Å². The molecule has 1 heterocycles. The fraction of sp³-hybridized carbons (Fsp3) is 0.429. The number of para-hydroxylation sites is 1. The average molecular weight is 278 g/mol. The third-order valence-corrected chi connectivity index (χ3v) is 3.21. The van der Waals surface area contributed by atoms with Gasteiger partial charge in [-0.05, 0) is 19.9 Å². The summed E-state index contributed by atoms with van der Waals surface area (Å²) in [4.78, 5) is 10.7. The molecule has 1 aromatic carbocycles. The molecule has 0 aliphatic carbocycles. The zero-order valence-corrected chi connectivity index (χ0v) is 11.5. The molecule has 0 aliphatic heterocycles. The predicted molar refractivity (Wildman–Crippen MR) is 73.3 cm³/mol. The Morgan fingerprint density at radius 3 is 2.80 bits per heavy atom. The lowest BCUT2D eigenvalue weighted by Gasteiger charge is -2.15. The van der Waals surface area contributed by atoms with Gasteiger partial charge in [-0.15, -0.1) is 0 Å². The number of carbonyl (C=O) groups is 1. The first-order valence-electron chi connectivity index (χ1n) is 6.51. The van der Waals surface area contributed by atoms with Crippen molar-refractivity contribution in [3.63, 3.8) is 0 Å². The largest absolute Gasteiger partial charge is 0.479 e. The number of aliphatic carboxylic acids is 1. The summed E-state index contributed by atoms with van der Waals surface area (Å²) in [6, 6.07) is 7.79. The van der Waals surface area contributed by atoms with Crippen LogP contribution in [-0.4, -0.2) is 38.2 Å². The summed E-state index contributed by atoms with van der Waals surface area (Å²) in [5, 5.41) is 23.5. The Balaban J connectivity index is 2.16. The van der Waals surface area contributed by atoms with E-state index in [2.05, 4.69) is 5.10 Å². The molecule has 0 amide bonds. The summed E-state index contributed by atoms with van der Waals surface area (Å²) in [6.07, 6.45) is -2.33. The molecular weight excluding hydrogens is 260 g/mol. The lowest BCUT2D eigenvalue weighted by atomic mass is 10.2. The normalized spacial score (nSPS) is 14.3. The van der Waals surface area contributed by atoms with Gasteiger partial charge in [0.05, 0.1) is 23.9 Å². The van der Waals surface area contributed by atoms with E-state index in [9.17, 15) is 9.90 Å². The van der Waals surface area contributed by atoms with E-state index in [0.29, 0.717) is 0 Å². The number of aliphatic hydroxyl groups is 1. The molecule has 2 rings (SSSR count). The summed E-state index contributed by atoms with van der Waals surface area (Å²) in [5.74, 6) is -1.29. The fourth-order valence-electron chi connectivity index (χ4n) is 2.05. The third-order valence-electron chi connectivity index (χ3n) is 3.21. The molecule has 0 radical (unpaired) electrons. The molecule has 20 heavy (non-hydrogen) atoms. The monoisotopic (exact) mass is 278 g/mol. The van der Waals surface area contributed by atoms with Crippen molar-refractivity contribution in [1.82, 2.24) is 9.78 Å². The predicted octanol–water partition coefficient (Wildman–Crippen LogP) is 1.41. The molecule has 0 saturated carbocycles. The Hall–Kier alpha value is -1.92. The molecule has 2 unspecified atom stereocenters. The number of aryl methyl sites for hydroxylation is 1. The number of aliphatic hydroxyl groups excluding tert-OH is 1. The van der Waals surface area contributed by atoms with E-state index in [1.165, 1.54) is 6.92 Å². The van der Waals surface area contributed by atoms with Crippen molar-refractivity contribution >= 4 is 16.9 Å². The first-order valence-corrected chi connectivity index (χ1v) is 6.51. The number of rotatable bonds is 6. The van der Waals surface area contributed by atoms with Crippen LogP contribution in [0.3, 0.4) is 0 Å². The SMILES string of the molecule is CCn1nc(COC(C)C(O)C(=O)O)c2ccccc21. The van der Waals surface area contributed by atoms with E-state index in [0.717, 1.165) is 23.1 Å². The molecule has 2 N–H and O–H groups in total. The molecule has 1 aromatic heterocycles. The van der Waals surface area contributed by atoms with E-state index in [-0.39, 0.29) is 6.61 Å². The molecule has 0 saturated heterocycles. The first-order chi connectivity index (χ1) is 9.54. The number of benzene rings is 1. The van der Waals surface area contributed by atoms with Gasteiger partial charge < -0.3 is 14.9 Å². The molecule has 0 spiro atoms. The van der Waals surface area contributed by atoms with Crippen LogP contribution in [0.15, 0.2) is 24.3 Å². The first kappa shape index (κ1) is 14.5. The number of nitrogens with zero attached hydrogens (tertiary/aromatic N) is 2. The maximum atomic E-state index is 10.7. The van der Waals surface area contributed by atoms with Gasteiger partial charge in [-0.1, -0.05) is 18.2 Å². The minimum absolute atomic E-state index is 0.166. The number of carboxylic acid groups (broad SMARTS) is 1. The average Bonchev–Trinajstić information content (AvgIpc) is 2.82. The lowest BCUT2D eigenvalue weighted by molar-refractivity contribution is -0.155. The van der Waals surface area contributed by atoms with Crippen molar-refractivity contribution in [3.8, 4) is 0 Å². The van der Waals surface area contributed by atoms with Crippen LogP contribution in [0.5, 0.6) is 0 Å². The van der Waals surface area contributed by atoms with Crippen molar-refractivity contribution in [2.45, 2.75) is 39.2 Å². The van der Waals surface area contributed by atoms with Gasteiger partial charge in [0.1, 0.15) is 0 Å². The molecule has 2 aromatic rings. The van der Waals surface area contributed by atoms with Crippen molar-refractivity contribution in [2.24, 2.45) is 0 Å². The number of fused-ring (bicyclic) bond motifs is 1. The van der Waals surface area contributed by atoms with Gasteiger partial charge >= 0.3 is 5.97 Å². The molecule has 6 heteroatoms. The fourth-order valence-corrected chi connectivity index (χ4v) is 2.05. The Kier molecular flexibility index (Phi) is 4.36. The molecule has 108 valence electrons. The van der Waals surface area contributed by atoms with E-state index in [1.54, 1.807) is 0 Å². The summed E-state index contributed by atoms with van der Waals surface area (Å²) in [5.41, 5.74) is 1.76. The maximum absolute atomic E-state index is 10.7. The number of hydrogen-bond acceptors (Lipinski definition) is 4.